The van der Waals surface area contributed by atoms with Crippen molar-refractivity contribution in [3.05, 3.63) is 41.1 Å². The van der Waals surface area contributed by atoms with Gasteiger partial charge in [-0.1, -0.05) is 37.6 Å². The van der Waals surface area contributed by atoms with Crippen LogP contribution in [0.2, 0.25) is 0 Å². The van der Waals surface area contributed by atoms with Gasteiger partial charge in [0, 0.05) is 20.6 Å². The summed E-state index contributed by atoms with van der Waals surface area (Å²) in [6.45, 7) is 5.12. The fraction of sp³-hybridized carbons (Fsp3) is 0.438. The molecule has 1 aromatic heterocycles. The van der Waals surface area contributed by atoms with E-state index in [0.717, 1.165) is 36.6 Å². The number of nitrogens with zero attached hydrogens (tertiary/aromatic N) is 3. The van der Waals surface area contributed by atoms with Crippen LogP contribution in [0.25, 0.3) is 0 Å². The molecule has 1 aromatic carbocycles. The molecule has 0 bridgehead atoms. The third kappa shape index (κ3) is 2.79. The lowest BCUT2D eigenvalue weighted by molar-refractivity contribution is 0.712. The van der Waals surface area contributed by atoms with E-state index in [1.807, 2.05) is 11.7 Å². The minimum atomic E-state index is 0.811. The highest BCUT2D eigenvalue weighted by Gasteiger charge is 2.16. The molecule has 0 saturated heterocycles. The fourth-order valence-electron chi connectivity index (χ4n) is 2.58. The van der Waals surface area contributed by atoms with Crippen LogP contribution < -0.4 is 10.6 Å². The molecular weight excluding hydrogens is 248 g/mol. The van der Waals surface area contributed by atoms with Crippen molar-refractivity contribution in [2.24, 2.45) is 7.05 Å². The number of aromatic nitrogens is 2. The minimum absolute atomic E-state index is 0.811. The summed E-state index contributed by atoms with van der Waals surface area (Å²) in [5.41, 5.74) is 10.7. The van der Waals surface area contributed by atoms with Crippen molar-refractivity contribution in [2.75, 3.05) is 17.7 Å². The van der Waals surface area contributed by atoms with E-state index in [9.17, 15) is 0 Å². The average Bonchev–Trinajstić information content (AvgIpc) is 2.68. The molecule has 0 atom stereocenters. The standard InChI is InChI=1S/C16H24N4/c1-5-8-14-15(17)16(20(4)18-14)19(3)11-13-10-7-6-9-12(13)2/h6-7,9-10H,5,8,11,17H2,1-4H3. The van der Waals surface area contributed by atoms with E-state index >= 15 is 0 Å². The largest absolute Gasteiger partial charge is 0.394 e. The Labute approximate surface area is 121 Å². The lowest BCUT2D eigenvalue weighted by Crippen LogP contribution is -2.21. The van der Waals surface area contributed by atoms with Gasteiger partial charge in [0.25, 0.3) is 0 Å². The molecule has 0 saturated carbocycles. The number of benzene rings is 1. The molecule has 0 amide bonds. The zero-order valence-corrected chi connectivity index (χ0v) is 12.8. The summed E-state index contributed by atoms with van der Waals surface area (Å²) in [7, 11) is 4.02. The van der Waals surface area contributed by atoms with E-state index in [4.69, 9.17) is 5.73 Å². The van der Waals surface area contributed by atoms with Crippen molar-refractivity contribution in [2.45, 2.75) is 33.2 Å². The first-order chi connectivity index (χ1) is 9.54. The van der Waals surface area contributed by atoms with Gasteiger partial charge in [-0.3, -0.25) is 4.68 Å². The molecule has 2 N–H and O–H groups in total. The molecule has 108 valence electrons. The van der Waals surface area contributed by atoms with E-state index < -0.39 is 0 Å². The van der Waals surface area contributed by atoms with Crippen LogP contribution in [0.4, 0.5) is 11.5 Å². The molecule has 0 fully saturated rings. The summed E-state index contributed by atoms with van der Waals surface area (Å²) in [6.07, 6.45) is 1.99. The van der Waals surface area contributed by atoms with Gasteiger partial charge in [0.15, 0.2) is 0 Å². The number of rotatable bonds is 5. The van der Waals surface area contributed by atoms with Crippen molar-refractivity contribution >= 4 is 11.5 Å². The SMILES string of the molecule is CCCc1nn(C)c(N(C)Cc2ccccc2C)c1N. The van der Waals surface area contributed by atoms with Gasteiger partial charge in [-0.05, 0) is 24.5 Å². The Morgan fingerprint density at radius 1 is 1.30 bits per heavy atom. The van der Waals surface area contributed by atoms with Gasteiger partial charge in [-0.15, -0.1) is 0 Å². The molecule has 2 rings (SSSR count). The summed E-state index contributed by atoms with van der Waals surface area (Å²) >= 11 is 0. The summed E-state index contributed by atoms with van der Waals surface area (Å²) < 4.78 is 1.89. The molecule has 0 aliphatic rings. The normalized spacial score (nSPS) is 10.8. The molecule has 4 heteroatoms. The molecule has 1 heterocycles. The highest BCUT2D eigenvalue weighted by atomic mass is 15.4. The van der Waals surface area contributed by atoms with Crippen molar-refractivity contribution in [3.63, 3.8) is 0 Å². The summed E-state index contributed by atoms with van der Waals surface area (Å²) in [5, 5.41) is 4.54. The first-order valence-corrected chi connectivity index (χ1v) is 7.11. The maximum absolute atomic E-state index is 6.26. The predicted octanol–water partition coefficient (Wildman–Crippen LogP) is 2.90. The summed E-state index contributed by atoms with van der Waals surface area (Å²) in [6, 6.07) is 8.44. The van der Waals surface area contributed by atoms with Crippen LogP contribution in [0.1, 0.15) is 30.2 Å². The third-order valence-electron chi connectivity index (χ3n) is 3.65. The molecule has 0 unspecified atom stereocenters. The molecule has 4 nitrogen and oxygen atoms in total. The van der Waals surface area contributed by atoms with Crippen LogP contribution in [0.5, 0.6) is 0 Å². The van der Waals surface area contributed by atoms with Gasteiger partial charge in [0.1, 0.15) is 5.82 Å². The van der Waals surface area contributed by atoms with Gasteiger partial charge in [-0.25, -0.2) is 0 Å². The number of nitrogens with two attached hydrogens (primary N) is 1. The number of nitrogen functional groups attached to an aromatic ring is 1. The molecule has 20 heavy (non-hydrogen) atoms. The maximum atomic E-state index is 6.26. The van der Waals surface area contributed by atoms with E-state index in [2.05, 4.69) is 55.2 Å². The molecule has 0 aliphatic heterocycles. The van der Waals surface area contributed by atoms with E-state index in [1.54, 1.807) is 0 Å². The zero-order chi connectivity index (χ0) is 14.7. The van der Waals surface area contributed by atoms with Crippen molar-refractivity contribution < 1.29 is 0 Å². The molecule has 0 spiro atoms. The van der Waals surface area contributed by atoms with Crippen LogP contribution in [0.3, 0.4) is 0 Å². The van der Waals surface area contributed by atoms with Crippen LogP contribution in [-0.2, 0) is 20.0 Å². The minimum Gasteiger partial charge on any atom is -0.394 e. The number of aryl methyl sites for hydroxylation is 3. The van der Waals surface area contributed by atoms with Gasteiger partial charge in [-0.2, -0.15) is 5.10 Å². The van der Waals surface area contributed by atoms with Crippen molar-refractivity contribution in [1.82, 2.24) is 9.78 Å². The Hall–Kier alpha value is -1.97. The van der Waals surface area contributed by atoms with Gasteiger partial charge < -0.3 is 10.6 Å². The molecule has 0 aliphatic carbocycles. The predicted molar refractivity (Wildman–Crippen MR) is 84.9 cm³/mol. The number of hydrogen-bond donors (Lipinski definition) is 1. The van der Waals surface area contributed by atoms with Crippen LogP contribution >= 0.6 is 0 Å². The Kier molecular flexibility index (Phi) is 4.32. The monoisotopic (exact) mass is 272 g/mol. The maximum Gasteiger partial charge on any atom is 0.150 e. The summed E-state index contributed by atoms with van der Waals surface area (Å²) in [5.74, 6) is 0.997. The Morgan fingerprint density at radius 2 is 2.00 bits per heavy atom. The first kappa shape index (κ1) is 14.4. The van der Waals surface area contributed by atoms with Crippen LogP contribution in [0, 0.1) is 6.92 Å². The average molecular weight is 272 g/mol. The second kappa shape index (κ2) is 5.99. The lowest BCUT2D eigenvalue weighted by Gasteiger charge is -2.21. The molecule has 2 aromatic rings. The van der Waals surface area contributed by atoms with Crippen molar-refractivity contribution in [1.29, 1.82) is 0 Å². The lowest BCUT2D eigenvalue weighted by atomic mass is 10.1. The Bertz CT molecular complexity index is 586. The van der Waals surface area contributed by atoms with Crippen molar-refractivity contribution in [3.8, 4) is 0 Å². The second-order valence-corrected chi connectivity index (χ2v) is 5.34. The second-order valence-electron chi connectivity index (χ2n) is 5.34. The van der Waals surface area contributed by atoms with E-state index in [0.29, 0.717) is 0 Å². The topological polar surface area (TPSA) is 47.1 Å². The smallest absolute Gasteiger partial charge is 0.150 e. The van der Waals surface area contributed by atoms with Crippen LogP contribution in [0.15, 0.2) is 24.3 Å². The zero-order valence-electron chi connectivity index (χ0n) is 12.8. The highest BCUT2D eigenvalue weighted by molar-refractivity contribution is 5.66. The van der Waals surface area contributed by atoms with Gasteiger partial charge >= 0.3 is 0 Å². The van der Waals surface area contributed by atoms with E-state index in [-0.39, 0.29) is 0 Å². The number of anilines is 2. The quantitative estimate of drug-likeness (QED) is 0.910. The third-order valence-corrected chi connectivity index (χ3v) is 3.65. The Morgan fingerprint density at radius 3 is 2.65 bits per heavy atom. The number of hydrogen-bond acceptors (Lipinski definition) is 3. The molecular formula is C16H24N4. The fourth-order valence-corrected chi connectivity index (χ4v) is 2.58. The van der Waals surface area contributed by atoms with Gasteiger partial charge in [0.05, 0.1) is 11.4 Å². The highest BCUT2D eigenvalue weighted by Crippen LogP contribution is 2.27. The summed E-state index contributed by atoms with van der Waals surface area (Å²) in [4.78, 5) is 2.17. The van der Waals surface area contributed by atoms with Gasteiger partial charge in [0.2, 0.25) is 0 Å². The van der Waals surface area contributed by atoms with E-state index in [1.165, 1.54) is 11.1 Å². The first-order valence-electron chi connectivity index (χ1n) is 7.11. The molecule has 0 radical (unpaired) electrons. The van der Waals surface area contributed by atoms with Crippen LogP contribution in [-0.4, -0.2) is 16.8 Å². The Balaban J connectivity index is 2.25.